The Morgan fingerprint density at radius 3 is 2.68 bits per heavy atom. The standard InChI is InChI=1S/C15H19N3O2S2/c1-15(2,3)13(20)16-7-6-12(19)18-14-17-10(9-22-14)11-5-4-8-21-11/h4-5,8-9H,6-7H2,1-3H3,(H,16,20)(H,17,18,19). The Morgan fingerprint density at radius 1 is 1.27 bits per heavy atom. The van der Waals surface area contributed by atoms with Crippen molar-refractivity contribution >= 4 is 39.6 Å². The lowest BCUT2D eigenvalue weighted by molar-refractivity contribution is -0.128. The fourth-order valence-electron chi connectivity index (χ4n) is 1.61. The monoisotopic (exact) mass is 337 g/mol. The molecule has 0 atom stereocenters. The Morgan fingerprint density at radius 2 is 2.05 bits per heavy atom. The summed E-state index contributed by atoms with van der Waals surface area (Å²) in [5.74, 6) is -0.212. The number of hydrogen-bond acceptors (Lipinski definition) is 5. The van der Waals surface area contributed by atoms with Crippen LogP contribution in [-0.4, -0.2) is 23.3 Å². The first kappa shape index (κ1) is 16.6. The summed E-state index contributed by atoms with van der Waals surface area (Å²) < 4.78 is 0. The van der Waals surface area contributed by atoms with E-state index in [-0.39, 0.29) is 18.2 Å². The zero-order valence-electron chi connectivity index (χ0n) is 12.8. The second-order valence-corrected chi connectivity index (χ2v) is 7.63. The summed E-state index contributed by atoms with van der Waals surface area (Å²) in [6, 6.07) is 3.96. The first-order valence-corrected chi connectivity index (χ1v) is 8.70. The van der Waals surface area contributed by atoms with Crippen LogP contribution in [0.4, 0.5) is 5.13 Å². The van der Waals surface area contributed by atoms with Crippen LogP contribution in [0.1, 0.15) is 27.2 Å². The molecule has 0 bridgehead atoms. The molecule has 2 N–H and O–H groups in total. The van der Waals surface area contributed by atoms with Crippen LogP contribution in [0.25, 0.3) is 10.6 Å². The molecule has 0 aliphatic carbocycles. The first-order valence-electron chi connectivity index (χ1n) is 6.94. The predicted octanol–water partition coefficient (Wildman–Crippen LogP) is 3.36. The van der Waals surface area contributed by atoms with Crippen LogP contribution >= 0.6 is 22.7 Å². The summed E-state index contributed by atoms with van der Waals surface area (Å²) in [6.07, 6.45) is 0.232. The molecule has 0 radical (unpaired) electrons. The van der Waals surface area contributed by atoms with Crippen molar-refractivity contribution in [1.29, 1.82) is 0 Å². The number of carbonyl (C=O) groups excluding carboxylic acids is 2. The average Bonchev–Trinajstić information content (AvgIpc) is 3.07. The second kappa shape index (κ2) is 7.02. The molecule has 0 spiro atoms. The van der Waals surface area contributed by atoms with Crippen molar-refractivity contribution in [2.24, 2.45) is 5.41 Å². The molecule has 0 aliphatic rings. The smallest absolute Gasteiger partial charge is 0.227 e. The summed E-state index contributed by atoms with van der Waals surface area (Å²) in [6.45, 7) is 5.84. The highest BCUT2D eigenvalue weighted by molar-refractivity contribution is 7.16. The number of aromatic nitrogens is 1. The van der Waals surface area contributed by atoms with E-state index in [0.717, 1.165) is 10.6 Å². The topological polar surface area (TPSA) is 71.1 Å². The van der Waals surface area contributed by atoms with Crippen LogP contribution in [0.2, 0.25) is 0 Å². The maximum Gasteiger partial charge on any atom is 0.227 e. The van der Waals surface area contributed by atoms with Gasteiger partial charge in [-0.1, -0.05) is 26.8 Å². The van der Waals surface area contributed by atoms with E-state index in [2.05, 4.69) is 15.6 Å². The van der Waals surface area contributed by atoms with Gasteiger partial charge in [-0.25, -0.2) is 4.98 Å². The van der Waals surface area contributed by atoms with Gasteiger partial charge in [0, 0.05) is 23.8 Å². The SMILES string of the molecule is CC(C)(C)C(=O)NCCC(=O)Nc1nc(-c2cccs2)cs1. The van der Waals surface area contributed by atoms with Gasteiger partial charge in [-0.15, -0.1) is 22.7 Å². The van der Waals surface area contributed by atoms with Gasteiger partial charge in [-0.2, -0.15) is 0 Å². The van der Waals surface area contributed by atoms with Gasteiger partial charge in [-0.3, -0.25) is 9.59 Å². The number of nitrogens with one attached hydrogen (secondary N) is 2. The predicted molar refractivity (Wildman–Crippen MR) is 91.1 cm³/mol. The summed E-state index contributed by atoms with van der Waals surface area (Å²) in [5, 5.41) is 10.00. The van der Waals surface area contributed by atoms with E-state index in [1.54, 1.807) is 11.3 Å². The van der Waals surface area contributed by atoms with Gasteiger partial charge in [0.15, 0.2) is 5.13 Å². The number of nitrogens with zero attached hydrogens (tertiary/aromatic N) is 1. The minimum Gasteiger partial charge on any atom is -0.355 e. The summed E-state index contributed by atoms with van der Waals surface area (Å²) in [5.41, 5.74) is 0.429. The van der Waals surface area contributed by atoms with E-state index >= 15 is 0 Å². The molecule has 0 saturated carbocycles. The maximum absolute atomic E-state index is 11.8. The van der Waals surface area contributed by atoms with E-state index in [1.807, 2.05) is 43.7 Å². The van der Waals surface area contributed by atoms with Gasteiger partial charge in [0.1, 0.15) is 0 Å². The molecule has 0 saturated heterocycles. The quantitative estimate of drug-likeness (QED) is 0.879. The lowest BCUT2D eigenvalue weighted by Crippen LogP contribution is -2.36. The Hall–Kier alpha value is -1.73. The van der Waals surface area contributed by atoms with Gasteiger partial charge in [0.05, 0.1) is 10.6 Å². The normalized spacial score (nSPS) is 11.2. The fraction of sp³-hybridized carbons (Fsp3) is 0.400. The van der Waals surface area contributed by atoms with E-state index in [1.165, 1.54) is 11.3 Å². The maximum atomic E-state index is 11.8. The average molecular weight is 337 g/mol. The summed E-state index contributed by atoms with van der Waals surface area (Å²) in [7, 11) is 0. The van der Waals surface area contributed by atoms with Gasteiger partial charge in [0.2, 0.25) is 11.8 Å². The Bertz CT molecular complexity index is 642. The molecule has 118 valence electrons. The van der Waals surface area contributed by atoms with Crippen molar-refractivity contribution in [3.8, 4) is 10.6 Å². The largest absolute Gasteiger partial charge is 0.355 e. The molecule has 0 unspecified atom stereocenters. The molecule has 7 heteroatoms. The van der Waals surface area contributed by atoms with Crippen LogP contribution < -0.4 is 10.6 Å². The van der Waals surface area contributed by atoms with E-state index in [4.69, 9.17) is 0 Å². The number of thiazole rings is 1. The number of hydrogen-bond donors (Lipinski definition) is 2. The van der Waals surface area contributed by atoms with Crippen LogP contribution in [0, 0.1) is 5.41 Å². The Balaban J connectivity index is 1.79. The minimum atomic E-state index is -0.443. The number of thiophene rings is 1. The zero-order chi connectivity index (χ0) is 16.2. The van der Waals surface area contributed by atoms with Crippen LogP contribution in [0.3, 0.4) is 0 Å². The van der Waals surface area contributed by atoms with E-state index < -0.39 is 5.41 Å². The van der Waals surface area contributed by atoms with Gasteiger partial charge >= 0.3 is 0 Å². The van der Waals surface area contributed by atoms with Crippen LogP contribution in [-0.2, 0) is 9.59 Å². The number of rotatable bonds is 5. The highest BCUT2D eigenvalue weighted by Gasteiger charge is 2.20. The third-order valence-electron chi connectivity index (χ3n) is 2.84. The van der Waals surface area contributed by atoms with Gasteiger partial charge in [0.25, 0.3) is 0 Å². The summed E-state index contributed by atoms with van der Waals surface area (Å²) in [4.78, 5) is 29.0. The lowest BCUT2D eigenvalue weighted by Gasteiger charge is -2.17. The lowest BCUT2D eigenvalue weighted by atomic mass is 9.96. The van der Waals surface area contributed by atoms with Crippen molar-refractivity contribution in [3.63, 3.8) is 0 Å². The molecule has 0 fully saturated rings. The van der Waals surface area contributed by atoms with Crippen molar-refractivity contribution in [2.75, 3.05) is 11.9 Å². The van der Waals surface area contributed by atoms with Crippen molar-refractivity contribution in [3.05, 3.63) is 22.9 Å². The molecule has 22 heavy (non-hydrogen) atoms. The highest BCUT2D eigenvalue weighted by atomic mass is 32.1. The van der Waals surface area contributed by atoms with Gasteiger partial charge in [-0.05, 0) is 11.4 Å². The number of carbonyl (C=O) groups is 2. The summed E-state index contributed by atoms with van der Waals surface area (Å²) >= 11 is 3.01. The fourth-order valence-corrected chi connectivity index (χ4v) is 3.09. The third-order valence-corrected chi connectivity index (χ3v) is 4.49. The van der Waals surface area contributed by atoms with Crippen molar-refractivity contribution in [2.45, 2.75) is 27.2 Å². The molecule has 2 heterocycles. The molecular weight excluding hydrogens is 318 g/mol. The molecule has 2 rings (SSSR count). The van der Waals surface area contributed by atoms with Crippen LogP contribution in [0.15, 0.2) is 22.9 Å². The minimum absolute atomic E-state index is 0.0606. The zero-order valence-corrected chi connectivity index (χ0v) is 14.4. The van der Waals surface area contributed by atoms with Crippen molar-refractivity contribution in [1.82, 2.24) is 10.3 Å². The number of anilines is 1. The molecule has 0 aromatic carbocycles. The molecule has 2 aromatic rings. The highest BCUT2D eigenvalue weighted by Crippen LogP contribution is 2.28. The van der Waals surface area contributed by atoms with E-state index in [0.29, 0.717) is 11.7 Å². The molecular formula is C15H19N3O2S2. The molecule has 5 nitrogen and oxygen atoms in total. The Labute approximate surface area is 137 Å². The van der Waals surface area contributed by atoms with Crippen LogP contribution in [0.5, 0.6) is 0 Å². The second-order valence-electron chi connectivity index (χ2n) is 5.82. The number of amides is 2. The molecule has 2 amide bonds. The van der Waals surface area contributed by atoms with Gasteiger partial charge < -0.3 is 10.6 Å². The first-order chi connectivity index (χ1) is 10.4. The van der Waals surface area contributed by atoms with E-state index in [9.17, 15) is 9.59 Å². The molecule has 0 aliphatic heterocycles. The Kier molecular flexibility index (Phi) is 5.31. The molecule has 2 aromatic heterocycles. The third kappa shape index (κ3) is 4.64. The van der Waals surface area contributed by atoms with Crippen molar-refractivity contribution < 1.29 is 9.59 Å².